The molecule has 0 aromatic heterocycles. The van der Waals surface area contributed by atoms with E-state index in [1.54, 1.807) is 0 Å². The quantitative estimate of drug-likeness (QED) is 0.818. The molecule has 3 amide bonds. The Morgan fingerprint density at radius 1 is 1.09 bits per heavy atom. The number of ether oxygens (including phenoxy) is 2. The molecule has 3 rings (SSSR count). The van der Waals surface area contributed by atoms with Gasteiger partial charge in [0.05, 0.1) is 13.2 Å². The number of imide groups is 1. The Kier molecular flexibility index (Phi) is 4.41. The van der Waals surface area contributed by atoms with E-state index in [0.717, 1.165) is 31.4 Å². The van der Waals surface area contributed by atoms with Crippen LogP contribution >= 0.6 is 0 Å². The van der Waals surface area contributed by atoms with E-state index < -0.39 is 5.54 Å². The van der Waals surface area contributed by atoms with Gasteiger partial charge in [0.2, 0.25) is 0 Å². The number of nitrogens with zero attached hydrogens (tertiary/aromatic N) is 1. The molecule has 1 spiro atoms. The van der Waals surface area contributed by atoms with Crippen molar-refractivity contribution in [2.75, 3.05) is 19.8 Å². The van der Waals surface area contributed by atoms with Gasteiger partial charge in [0.25, 0.3) is 5.91 Å². The van der Waals surface area contributed by atoms with Crippen LogP contribution in [0.5, 0.6) is 11.5 Å². The lowest BCUT2D eigenvalue weighted by atomic mass is 9.98. The van der Waals surface area contributed by atoms with Gasteiger partial charge in [-0.2, -0.15) is 0 Å². The Bertz CT molecular complexity index is 579. The summed E-state index contributed by atoms with van der Waals surface area (Å²) in [7, 11) is 0. The molecule has 1 aliphatic heterocycles. The maximum Gasteiger partial charge on any atom is 0.325 e. The summed E-state index contributed by atoms with van der Waals surface area (Å²) in [6, 6.07) is 7.00. The Labute approximate surface area is 135 Å². The summed E-state index contributed by atoms with van der Waals surface area (Å²) in [4.78, 5) is 25.8. The molecular weight excluding hydrogens is 296 g/mol. The number of hydrogen-bond acceptors (Lipinski definition) is 4. The molecule has 1 saturated carbocycles. The van der Waals surface area contributed by atoms with Crippen molar-refractivity contribution >= 4 is 11.9 Å². The van der Waals surface area contributed by atoms with E-state index in [1.165, 1.54) is 4.90 Å². The van der Waals surface area contributed by atoms with Crippen LogP contribution in [-0.4, -0.2) is 42.1 Å². The van der Waals surface area contributed by atoms with Gasteiger partial charge in [-0.1, -0.05) is 12.8 Å². The van der Waals surface area contributed by atoms with E-state index in [0.29, 0.717) is 12.4 Å². The highest BCUT2D eigenvalue weighted by molar-refractivity contribution is 6.07. The Morgan fingerprint density at radius 2 is 1.70 bits per heavy atom. The third kappa shape index (κ3) is 3.11. The van der Waals surface area contributed by atoms with E-state index in [9.17, 15) is 9.59 Å². The third-order valence-corrected chi connectivity index (χ3v) is 4.42. The number of rotatable bonds is 6. The Hall–Kier alpha value is -2.24. The standard InChI is InChI=1S/C17H22N2O4/c1-2-22-13-5-7-14(8-6-13)23-12-11-19-15(20)17(18-16(19)21)9-3-4-10-17/h5-8H,2-4,9-12H2,1H3,(H,18,21). The summed E-state index contributed by atoms with van der Waals surface area (Å²) in [6.45, 7) is 3.09. The summed E-state index contributed by atoms with van der Waals surface area (Å²) in [5, 5.41) is 2.86. The number of carbonyl (C=O) groups excluding carboxylic acids is 2. The molecule has 1 aromatic carbocycles. The molecule has 124 valence electrons. The zero-order valence-corrected chi connectivity index (χ0v) is 13.3. The zero-order valence-electron chi connectivity index (χ0n) is 13.3. The summed E-state index contributed by atoms with van der Waals surface area (Å²) < 4.78 is 11.0. The first-order valence-electron chi connectivity index (χ1n) is 8.14. The molecule has 23 heavy (non-hydrogen) atoms. The van der Waals surface area contributed by atoms with E-state index in [4.69, 9.17) is 9.47 Å². The Balaban J connectivity index is 1.52. The van der Waals surface area contributed by atoms with Crippen LogP contribution in [0.1, 0.15) is 32.6 Å². The topological polar surface area (TPSA) is 67.9 Å². The maximum absolute atomic E-state index is 12.5. The fourth-order valence-corrected chi connectivity index (χ4v) is 3.25. The smallest absolute Gasteiger partial charge is 0.325 e. The predicted molar refractivity (Wildman–Crippen MR) is 84.5 cm³/mol. The van der Waals surface area contributed by atoms with E-state index in [2.05, 4.69) is 5.32 Å². The van der Waals surface area contributed by atoms with Gasteiger partial charge in [-0.25, -0.2) is 4.79 Å². The minimum atomic E-state index is -0.643. The molecule has 6 heteroatoms. The normalized spacial score (nSPS) is 19.3. The van der Waals surface area contributed by atoms with Gasteiger partial charge in [0.15, 0.2) is 0 Å². The molecule has 2 aliphatic rings. The molecule has 0 unspecified atom stereocenters. The highest BCUT2D eigenvalue weighted by Gasteiger charge is 2.52. The number of benzene rings is 1. The van der Waals surface area contributed by atoms with Crippen molar-refractivity contribution in [3.63, 3.8) is 0 Å². The second-order valence-electron chi connectivity index (χ2n) is 5.93. The summed E-state index contributed by atoms with van der Waals surface area (Å²) in [6.07, 6.45) is 3.47. The van der Waals surface area contributed by atoms with Crippen molar-refractivity contribution in [1.29, 1.82) is 0 Å². The number of carbonyl (C=O) groups is 2. The van der Waals surface area contributed by atoms with Gasteiger partial charge in [0.1, 0.15) is 23.6 Å². The molecule has 6 nitrogen and oxygen atoms in total. The third-order valence-electron chi connectivity index (χ3n) is 4.42. The number of urea groups is 1. The van der Waals surface area contributed by atoms with E-state index in [1.807, 2.05) is 31.2 Å². The largest absolute Gasteiger partial charge is 0.494 e. The van der Waals surface area contributed by atoms with Crippen LogP contribution in [0.4, 0.5) is 4.79 Å². The molecule has 0 atom stereocenters. The van der Waals surface area contributed by atoms with Crippen LogP contribution in [0.15, 0.2) is 24.3 Å². The van der Waals surface area contributed by atoms with Crippen molar-refractivity contribution in [3.05, 3.63) is 24.3 Å². The zero-order chi connectivity index (χ0) is 16.3. The number of hydrogen-bond donors (Lipinski definition) is 1. The maximum atomic E-state index is 12.5. The summed E-state index contributed by atoms with van der Waals surface area (Å²) >= 11 is 0. The van der Waals surface area contributed by atoms with Crippen molar-refractivity contribution in [2.24, 2.45) is 0 Å². The lowest BCUT2D eigenvalue weighted by Crippen LogP contribution is -2.44. The van der Waals surface area contributed by atoms with Crippen LogP contribution in [0.3, 0.4) is 0 Å². The number of nitrogens with one attached hydrogen (secondary N) is 1. The fourth-order valence-electron chi connectivity index (χ4n) is 3.25. The molecule has 2 fully saturated rings. The van der Waals surface area contributed by atoms with Crippen LogP contribution in [0.25, 0.3) is 0 Å². The number of amides is 3. The fraction of sp³-hybridized carbons (Fsp3) is 0.529. The predicted octanol–water partition coefficient (Wildman–Crippen LogP) is 2.33. The van der Waals surface area contributed by atoms with E-state index in [-0.39, 0.29) is 25.1 Å². The highest BCUT2D eigenvalue weighted by Crippen LogP contribution is 2.34. The Morgan fingerprint density at radius 3 is 2.30 bits per heavy atom. The summed E-state index contributed by atoms with van der Waals surface area (Å²) in [5.74, 6) is 1.38. The monoisotopic (exact) mass is 318 g/mol. The molecule has 1 saturated heterocycles. The second kappa shape index (κ2) is 6.48. The van der Waals surface area contributed by atoms with Crippen LogP contribution < -0.4 is 14.8 Å². The lowest BCUT2D eigenvalue weighted by molar-refractivity contribution is -0.131. The molecule has 0 radical (unpaired) electrons. The average molecular weight is 318 g/mol. The van der Waals surface area contributed by atoms with Crippen molar-refractivity contribution in [1.82, 2.24) is 10.2 Å². The molecule has 1 aliphatic carbocycles. The van der Waals surface area contributed by atoms with Crippen LogP contribution in [0.2, 0.25) is 0 Å². The first-order valence-corrected chi connectivity index (χ1v) is 8.14. The first kappa shape index (κ1) is 15.6. The van der Waals surface area contributed by atoms with Crippen molar-refractivity contribution in [3.8, 4) is 11.5 Å². The van der Waals surface area contributed by atoms with Gasteiger partial charge < -0.3 is 14.8 Å². The molecule has 1 aromatic rings. The van der Waals surface area contributed by atoms with Crippen molar-refractivity contribution in [2.45, 2.75) is 38.1 Å². The molecular formula is C17H22N2O4. The SMILES string of the molecule is CCOc1ccc(OCCN2C(=O)NC3(CCCC3)C2=O)cc1. The van der Waals surface area contributed by atoms with Gasteiger partial charge in [-0.05, 0) is 44.0 Å². The van der Waals surface area contributed by atoms with Gasteiger partial charge in [-0.15, -0.1) is 0 Å². The molecule has 0 bridgehead atoms. The summed E-state index contributed by atoms with van der Waals surface area (Å²) in [5.41, 5.74) is -0.643. The lowest BCUT2D eigenvalue weighted by Gasteiger charge is -2.20. The average Bonchev–Trinajstić information content (AvgIpc) is 3.10. The van der Waals surface area contributed by atoms with Gasteiger partial charge >= 0.3 is 6.03 Å². The van der Waals surface area contributed by atoms with Gasteiger partial charge in [-0.3, -0.25) is 9.69 Å². The molecule has 1 N–H and O–H groups in total. The van der Waals surface area contributed by atoms with Crippen molar-refractivity contribution < 1.29 is 19.1 Å². The van der Waals surface area contributed by atoms with Gasteiger partial charge in [0, 0.05) is 0 Å². The minimum Gasteiger partial charge on any atom is -0.494 e. The minimum absolute atomic E-state index is 0.102. The highest BCUT2D eigenvalue weighted by atomic mass is 16.5. The van der Waals surface area contributed by atoms with Crippen LogP contribution in [-0.2, 0) is 4.79 Å². The van der Waals surface area contributed by atoms with Crippen LogP contribution in [0, 0.1) is 0 Å². The molecule has 1 heterocycles. The van der Waals surface area contributed by atoms with E-state index >= 15 is 0 Å². The second-order valence-corrected chi connectivity index (χ2v) is 5.93. The first-order chi connectivity index (χ1) is 11.1.